The van der Waals surface area contributed by atoms with Crippen LogP contribution in [0.3, 0.4) is 0 Å². The Morgan fingerprint density at radius 2 is 1.80 bits per heavy atom. The summed E-state index contributed by atoms with van der Waals surface area (Å²) in [5.41, 5.74) is 0.371. The van der Waals surface area contributed by atoms with Crippen molar-refractivity contribution in [2.24, 2.45) is 0 Å². The first-order chi connectivity index (χ1) is 12.0. The van der Waals surface area contributed by atoms with Crippen molar-refractivity contribution in [1.82, 2.24) is 10.2 Å². The maximum Gasteiger partial charge on any atom is 0.243 e. The van der Waals surface area contributed by atoms with E-state index in [1.807, 2.05) is 0 Å². The molecule has 0 radical (unpaired) electrons. The Morgan fingerprint density at radius 3 is 2.52 bits per heavy atom. The standard InChI is InChI=1S/C16H19Cl2N3O4/c17-11-1-2-12(18)13(9-11)20-15(23)10-19-14(22)3-4-16(24)21-5-7-25-8-6-21/h1-2,9H,3-8,10H2,(H,19,22)(H,20,23). The minimum Gasteiger partial charge on any atom is -0.378 e. The molecule has 7 nitrogen and oxygen atoms in total. The van der Waals surface area contributed by atoms with Gasteiger partial charge in [-0.3, -0.25) is 14.4 Å². The molecule has 0 spiro atoms. The zero-order valence-electron chi connectivity index (χ0n) is 13.5. The molecular formula is C16H19Cl2N3O4. The van der Waals surface area contributed by atoms with Gasteiger partial charge in [-0.2, -0.15) is 0 Å². The van der Waals surface area contributed by atoms with Crippen LogP contribution in [-0.2, 0) is 19.1 Å². The van der Waals surface area contributed by atoms with Crippen LogP contribution in [0.4, 0.5) is 5.69 Å². The number of carbonyl (C=O) groups excluding carboxylic acids is 3. The summed E-state index contributed by atoms with van der Waals surface area (Å²) in [6, 6.07) is 4.69. The van der Waals surface area contributed by atoms with Crippen molar-refractivity contribution in [2.45, 2.75) is 12.8 Å². The highest BCUT2D eigenvalue weighted by molar-refractivity contribution is 6.35. The summed E-state index contributed by atoms with van der Waals surface area (Å²) >= 11 is 11.8. The average molecular weight is 388 g/mol. The molecule has 0 aromatic heterocycles. The van der Waals surface area contributed by atoms with Crippen LogP contribution in [0.15, 0.2) is 18.2 Å². The molecular weight excluding hydrogens is 369 g/mol. The molecule has 1 fully saturated rings. The summed E-state index contributed by atoms with van der Waals surface area (Å²) in [7, 11) is 0. The second-order valence-corrected chi connectivity index (χ2v) is 6.29. The maximum absolute atomic E-state index is 11.9. The number of hydrogen-bond acceptors (Lipinski definition) is 4. The summed E-state index contributed by atoms with van der Waals surface area (Å²) < 4.78 is 5.17. The molecule has 0 aliphatic carbocycles. The molecule has 1 aromatic rings. The Morgan fingerprint density at radius 1 is 1.08 bits per heavy atom. The number of amides is 3. The number of benzene rings is 1. The van der Waals surface area contributed by atoms with Gasteiger partial charge in [0.15, 0.2) is 0 Å². The molecule has 0 atom stereocenters. The van der Waals surface area contributed by atoms with Crippen molar-refractivity contribution < 1.29 is 19.1 Å². The molecule has 0 unspecified atom stereocenters. The molecule has 25 heavy (non-hydrogen) atoms. The zero-order valence-corrected chi connectivity index (χ0v) is 15.0. The normalized spacial score (nSPS) is 14.1. The highest BCUT2D eigenvalue weighted by Crippen LogP contribution is 2.25. The first-order valence-electron chi connectivity index (χ1n) is 7.83. The minimum atomic E-state index is -0.433. The molecule has 0 saturated carbocycles. The van der Waals surface area contributed by atoms with Crippen LogP contribution < -0.4 is 10.6 Å². The van der Waals surface area contributed by atoms with Crippen LogP contribution in [0.25, 0.3) is 0 Å². The van der Waals surface area contributed by atoms with Crippen molar-refractivity contribution in [1.29, 1.82) is 0 Å². The van der Waals surface area contributed by atoms with E-state index in [-0.39, 0.29) is 31.2 Å². The van der Waals surface area contributed by atoms with Crippen molar-refractivity contribution in [2.75, 3.05) is 38.2 Å². The lowest BCUT2D eigenvalue weighted by Gasteiger charge is -2.26. The van der Waals surface area contributed by atoms with Gasteiger partial charge in [0.25, 0.3) is 0 Å². The second-order valence-electron chi connectivity index (χ2n) is 5.44. The van der Waals surface area contributed by atoms with Gasteiger partial charge in [0.2, 0.25) is 17.7 Å². The fourth-order valence-electron chi connectivity index (χ4n) is 2.25. The minimum absolute atomic E-state index is 0.0292. The quantitative estimate of drug-likeness (QED) is 0.777. The SMILES string of the molecule is O=C(CCC(=O)N1CCOCC1)NCC(=O)Nc1cc(Cl)ccc1Cl. The van der Waals surface area contributed by atoms with Crippen LogP contribution in [0, 0.1) is 0 Å². The molecule has 1 aliphatic heterocycles. The number of ether oxygens (including phenoxy) is 1. The van der Waals surface area contributed by atoms with Gasteiger partial charge in [-0.15, -0.1) is 0 Å². The van der Waals surface area contributed by atoms with Crippen LogP contribution in [-0.4, -0.2) is 55.5 Å². The van der Waals surface area contributed by atoms with Gasteiger partial charge >= 0.3 is 0 Å². The first kappa shape index (κ1) is 19.5. The van der Waals surface area contributed by atoms with E-state index in [0.29, 0.717) is 42.0 Å². The van der Waals surface area contributed by atoms with Crippen LogP contribution in [0.5, 0.6) is 0 Å². The van der Waals surface area contributed by atoms with Crippen LogP contribution in [0.1, 0.15) is 12.8 Å². The topological polar surface area (TPSA) is 87.7 Å². The number of nitrogens with one attached hydrogen (secondary N) is 2. The lowest BCUT2D eigenvalue weighted by atomic mass is 10.2. The fraction of sp³-hybridized carbons (Fsp3) is 0.438. The van der Waals surface area contributed by atoms with Gasteiger partial charge in [0.05, 0.1) is 30.5 Å². The Kier molecular flexibility index (Phi) is 7.49. The third kappa shape index (κ3) is 6.53. The summed E-state index contributed by atoms with van der Waals surface area (Å²) in [4.78, 5) is 37.2. The number of halogens is 2. The van der Waals surface area contributed by atoms with Crippen molar-refractivity contribution in [3.63, 3.8) is 0 Å². The summed E-state index contributed by atoms with van der Waals surface area (Å²) in [5, 5.41) is 5.82. The lowest BCUT2D eigenvalue weighted by Crippen LogP contribution is -2.41. The largest absolute Gasteiger partial charge is 0.378 e. The smallest absolute Gasteiger partial charge is 0.243 e. The molecule has 2 rings (SSSR count). The van der Waals surface area contributed by atoms with Gasteiger partial charge < -0.3 is 20.3 Å². The average Bonchev–Trinajstić information content (AvgIpc) is 2.61. The Labute approximate surface area is 155 Å². The van der Waals surface area contributed by atoms with Gasteiger partial charge in [-0.1, -0.05) is 23.2 Å². The highest BCUT2D eigenvalue weighted by Gasteiger charge is 2.17. The molecule has 3 amide bonds. The predicted octanol–water partition coefficient (Wildman–Crippen LogP) is 1.69. The Hall–Kier alpha value is -1.83. The second kappa shape index (κ2) is 9.60. The van der Waals surface area contributed by atoms with E-state index >= 15 is 0 Å². The summed E-state index contributed by atoms with van der Waals surface area (Å²) in [6.07, 6.45) is 0.134. The van der Waals surface area contributed by atoms with E-state index in [1.54, 1.807) is 17.0 Å². The summed E-state index contributed by atoms with van der Waals surface area (Å²) in [5.74, 6) is -0.889. The van der Waals surface area contributed by atoms with Crippen molar-refractivity contribution >= 4 is 46.6 Å². The number of carbonyl (C=O) groups is 3. The molecule has 1 aliphatic rings. The Bertz CT molecular complexity index is 648. The molecule has 2 N–H and O–H groups in total. The van der Waals surface area contributed by atoms with Gasteiger partial charge in [0.1, 0.15) is 0 Å². The number of anilines is 1. The van der Waals surface area contributed by atoms with Crippen molar-refractivity contribution in [3.05, 3.63) is 28.2 Å². The third-order valence-corrected chi connectivity index (χ3v) is 4.14. The van der Waals surface area contributed by atoms with Crippen molar-refractivity contribution in [3.8, 4) is 0 Å². The maximum atomic E-state index is 11.9. The molecule has 9 heteroatoms. The number of nitrogens with zero attached hydrogens (tertiary/aromatic N) is 1. The number of hydrogen-bond donors (Lipinski definition) is 2. The fourth-order valence-corrected chi connectivity index (χ4v) is 2.58. The molecule has 1 heterocycles. The Balaban J connectivity index is 1.69. The van der Waals surface area contributed by atoms with E-state index in [1.165, 1.54) is 6.07 Å². The van der Waals surface area contributed by atoms with Gasteiger partial charge in [0, 0.05) is 31.0 Å². The molecule has 1 saturated heterocycles. The lowest BCUT2D eigenvalue weighted by molar-refractivity contribution is -0.137. The van der Waals surface area contributed by atoms with E-state index in [0.717, 1.165) is 0 Å². The predicted molar refractivity (Wildman–Crippen MR) is 94.7 cm³/mol. The first-order valence-corrected chi connectivity index (χ1v) is 8.58. The summed E-state index contributed by atoms with van der Waals surface area (Å²) in [6.45, 7) is 1.91. The highest BCUT2D eigenvalue weighted by atomic mass is 35.5. The molecule has 0 bridgehead atoms. The third-order valence-electron chi connectivity index (χ3n) is 3.58. The zero-order chi connectivity index (χ0) is 18.2. The van der Waals surface area contributed by atoms with Crippen LogP contribution >= 0.6 is 23.2 Å². The monoisotopic (exact) mass is 387 g/mol. The van der Waals surface area contributed by atoms with E-state index in [2.05, 4.69) is 10.6 Å². The number of morpholine rings is 1. The van der Waals surface area contributed by atoms with E-state index < -0.39 is 5.91 Å². The molecule has 1 aromatic carbocycles. The molecule has 136 valence electrons. The number of rotatable bonds is 6. The van der Waals surface area contributed by atoms with E-state index in [4.69, 9.17) is 27.9 Å². The van der Waals surface area contributed by atoms with Gasteiger partial charge in [-0.05, 0) is 18.2 Å². The van der Waals surface area contributed by atoms with E-state index in [9.17, 15) is 14.4 Å². The van der Waals surface area contributed by atoms with Gasteiger partial charge in [-0.25, -0.2) is 0 Å². The van der Waals surface area contributed by atoms with Crippen LogP contribution in [0.2, 0.25) is 10.0 Å².